The van der Waals surface area contributed by atoms with Crippen LogP contribution in [0, 0.1) is 0 Å². The van der Waals surface area contributed by atoms with Gasteiger partial charge in [-0.1, -0.05) is 0 Å². The molecule has 0 unspecified atom stereocenters. The van der Waals surface area contributed by atoms with E-state index in [1.54, 1.807) is 27.7 Å². The molecule has 0 aliphatic rings. The van der Waals surface area contributed by atoms with Crippen molar-refractivity contribution in [2.24, 2.45) is 5.73 Å². The van der Waals surface area contributed by atoms with E-state index in [2.05, 4.69) is 0 Å². The van der Waals surface area contributed by atoms with E-state index in [1.807, 2.05) is 0 Å². The molecule has 5 heteroatoms. The SMILES string of the molecule is CC(C)OC(=O)CC[C@@H](N)C(=O)OC(C)C. The predicted octanol–water partition coefficient (Wildman–Crippen LogP) is 0.997. The van der Waals surface area contributed by atoms with Gasteiger partial charge in [-0.25, -0.2) is 0 Å². The summed E-state index contributed by atoms with van der Waals surface area (Å²) in [4.78, 5) is 22.5. The van der Waals surface area contributed by atoms with Gasteiger partial charge in [0.1, 0.15) is 6.04 Å². The van der Waals surface area contributed by atoms with E-state index >= 15 is 0 Å². The van der Waals surface area contributed by atoms with Crippen LogP contribution in [0.5, 0.6) is 0 Å². The summed E-state index contributed by atoms with van der Waals surface area (Å²) in [6.45, 7) is 7.03. The standard InChI is InChI=1S/C11H21NO4/c1-7(2)15-10(13)6-5-9(12)11(14)16-8(3)4/h7-9H,5-6,12H2,1-4H3/t9-/m1/s1. The Balaban J connectivity index is 3.84. The second kappa shape index (κ2) is 7.22. The van der Waals surface area contributed by atoms with Crippen molar-refractivity contribution in [3.05, 3.63) is 0 Å². The molecular formula is C11H21NO4. The minimum atomic E-state index is -0.762. The molecule has 0 radical (unpaired) electrons. The molecule has 0 aromatic heterocycles. The number of carbonyl (C=O) groups excluding carboxylic acids is 2. The van der Waals surface area contributed by atoms with Crippen LogP contribution in [-0.4, -0.2) is 30.2 Å². The number of hydrogen-bond donors (Lipinski definition) is 1. The third kappa shape index (κ3) is 7.23. The Bertz CT molecular complexity index is 238. The van der Waals surface area contributed by atoms with Gasteiger partial charge in [-0.05, 0) is 34.1 Å². The Labute approximate surface area is 96.3 Å². The van der Waals surface area contributed by atoms with Gasteiger partial charge in [0.15, 0.2) is 0 Å². The molecule has 94 valence electrons. The summed E-state index contributed by atoms with van der Waals surface area (Å²) >= 11 is 0. The zero-order chi connectivity index (χ0) is 12.7. The van der Waals surface area contributed by atoms with Crippen molar-refractivity contribution in [1.29, 1.82) is 0 Å². The highest BCUT2D eigenvalue weighted by molar-refractivity contribution is 5.77. The van der Waals surface area contributed by atoms with E-state index in [4.69, 9.17) is 15.2 Å². The molecule has 0 aliphatic heterocycles. The van der Waals surface area contributed by atoms with Gasteiger partial charge >= 0.3 is 11.9 Å². The van der Waals surface area contributed by atoms with Crippen molar-refractivity contribution in [3.8, 4) is 0 Å². The predicted molar refractivity (Wildman–Crippen MR) is 59.7 cm³/mol. The zero-order valence-electron chi connectivity index (χ0n) is 10.4. The van der Waals surface area contributed by atoms with Crippen LogP contribution in [0.4, 0.5) is 0 Å². The van der Waals surface area contributed by atoms with Gasteiger partial charge in [-0.2, -0.15) is 0 Å². The summed E-state index contributed by atoms with van der Waals surface area (Å²) in [5, 5.41) is 0. The van der Waals surface area contributed by atoms with E-state index in [9.17, 15) is 9.59 Å². The smallest absolute Gasteiger partial charge is 0.323 e. The van der Waals surface area contributed by atoms with Crippen LogP contribution >= 0.6 is 0 Å². The van der Waals surface area contributed by atoms with Gasteiger partial charge in [0.05, 0.1) is 12.2 Å². The molecule has 0 rings (SSSR count). The molecule has 0 spiro atoms. The molecule has 5 nitrogen and oxygen atoms in total. The third-order valence-corrected chi connectivity index (χ3v) is 1.68. The maximum absolute atomic E-state index is 11.3. The van der Waals surface area contributed by atoms with Crippen LogP contribution in [0.1, 0.15) is 40.5 Å². The Morgan fingerprint density at radius 1 is 1.06 bits per heavy atom. The van der Waals surface area contributed by atoms with Crippen molar-refractivity contribution in [3.63, 3.8) is 0 Å². The lowest BCUT2D eigenvalue weighted by Crippen LogP contribution is -2.34. The molecule has 0 heterocycles. The highest BCUT2D eigenvalue weighted by Gasteiger charge is 2.18. The number of rotatable bonds is 6. The molecule has 2 N–H and O–H groups in total. The first-order valence-electron chi connectivity index (χ1n) is 5.48. The van der Waals surface area contributed by atoms with Crippen molar-refractivity contribution < 1.29 is 19.1 Å². The van der Waals surface area contributed by atoms with Crippen LogP contribution in [0.2, 0.25) is 0 Å². The monoisotopic (exact) mass is 231 g/mol. The van der Waals surface area contributed by atoms with E-state index in [1.165, 1.54) is 0 Å². The van der Waals surface area contributed by atoms with Crippen molar-refractivity contribution in [2.75, 3.05) is 0 Å². The fourth-order valence-electron chi connectivity index (χ4n) is 1.03. The van der Waals surface area contributed by atoms with Crippen molar-refractivity contribution in [1.82, 2.24) is 0 Å². The Kier molecular flexibility index (Phi) is 6.72. The number of carbonyl (C=O) groups is 2. The summed E-state index contributed by atoms with van der Waals surface area (Å²) in [5.74, 6) is -0.824. The molecule has 0 fully saturated rings. The molecule has 0 amide bonds. The third-order valence-electron chi connectivity index (χ3n) is 1.68. The van der Waals surface area contributed by atoms with Crippen LogP contribution < -0.4 is 5.73 Å². The van der Waals surface area contributed by atoms with Gasteiger partial charge in [0.2, 0.25) is 0 Å². The van der Waals surface area contributed by atoms with Gasteiger partial charge in [0, 0.05) is 6.42 Å². The second-order valence-corrected chi connectivity index (χ2v) is 4.17. The minimum Gasteiger partial charge on any atom is -0.463 e. The molecule has 0 saturated heterocycles. The average molecular weight is 231 g/mol. The highest BCUT2D eigenvalue weighted by atomic mass is 16.5. The summed E-state index contributed by atoms with van der Waals surface area (Å²) in [7, 11) is 0. The lowest BCUT2D eigenvalue weighted by molar-refractivity contribution is -0.150. The number of ether oxygens (including phenoxy) is 2. The minimum absolute atomic E-state index is 0.131. The molecule has 0 aromatic rings. The van der Waals surface area contributed by atoms with E-state index in [0.717, 1.165) is 0 Å². The van der Waals surface area contributed by atoms with Gasteiger partial charge in [0.25, 0.3) is 0 Å². The zero-order valence-corrected chi connectivity index (χ0v) is 10.4. The summed E-state index contributed by atoms with van der Waals surface area (Å²) in [5.41, 5.74) is 5.56. The molecule has 0 aromatic carbocycles. The molecular weight excluding hydrogens is 210 g/mol. The maximum atomic E-state index is 11.3. The highest BCUT2D eigenvalue weighted by Crippen LogP contribution is 2.02. The maximum Gasteiger partial charge on any atom is 0.323 e. The first kappa shape index (κ1) is 14.9. The Morgan fingerprint density at radius 3 is 2.00 bits per heavy atom. The van der Waals surface area contributed by atoms with Gasteiger partial charge < -0.3 is 15.2 Å². The summed E-state index contributed by atoms with van der Waals surface area (Å²) in [6, 6.07) is -0.762. The number of nitrogens with two attached hydrogens (primary N) is 1. The van der Waals surface area contributed by atoms with Crippen LogP contribution in [0.15, 0.2) is 0 Å². The molecule has 0 aliphatic carbocycles. The van der Waals surface area contributed by atoms with Gasteiger partial charge in [-0.15, -0.1) is 0 Å². The quantitative estimate of drug-likeness (QED) is 0.690. The fraction of sp³-hybridized carbons (Fsp3) is 0.818. The van der Waals surface area contributed by atoms with Crippen molar-refractivity contribution >= 4 is 11.9 Å². The van der Waals surface area contributed by atoms with Gasteiger partial charge in [-0.3, -0.25) is 9.59 Å². The number of hydrogen-bond acceptors (Lipinski definition) is 5. The average Bonchev–Trinajstić information content (AvgIpc) is 2.11. The second-order valence-electron chi connectivity index (χ2n) is 4.17. The first-order chi connectivity index (χ1) is 7.32. The van der Waals surface area contributed by atoms with Crippen molar-refractivity contribution in [2.45, 2.75) is 58.8 Å². The topological polar surface area (TPSA) is 78.6 Å². The van der Waals surface area contributed by atoms with E-state index in [0.29, 0.717) is 0 Å². The summed E-state index contributed by atoms with van der Waals surface area (Å²) in [6.07, 6.45) is 0.0383. The number of esters is 2. The van der Waals surface area contributed by atoms with E-state index in [-0.39, 0.29) is 31.0 Å². The largest absolute Gasteiger partial charge is 0.463 e. The molecule has 1 atom stereocenters. The molecule has 16 heavy (non-hydrogen) atoms. The Morgan fingerprint density at radius 2 is 1.56 bits per heavy atom. The Hall–Kier alpha value is -1.10. The molecule has 0 saturated carbocycles. The van der Waals surface area contributed by atoms with Crippen LogP contribution in [0.3, 0.4) is 0 Å². The van der Waals surface area contributed by atoms with Crippen LogP contribution in [0.25, 0.3) is 0 Å². The fourth-order valence-corrected chi connectivity index (χ4v) is 1.03. The molecule has 0 bridgehead atoms. The normalized spacial score (nSPS) is 12.7. The van der Waals surface area contributed by atoms with E-state index < -0.39 is 12.0 Å². The summed E-state index contributed by atoms with van der Waals surface area (Å²) < 4.78 is 9.82. The first-order valence-corrected chi connectivity index (χ1v) is 5.48. The lowest BCUT2D eigenvalue weighted by Gasteiger charge is -2.14. The lowest BCUT2D eigenvalue weighted by atomic mass is 10.2. The van der Waals surface area contributed by atoms with Crippen LogP contribution in [-0.2, 0) is 19.1 Å².